The predicted octanol–water partition coefficient (Wildman–Crippen LogP) is 2.68. The maximum absolute atomic E-state index is 11.8. The fourth-order valence-electron chi connectivity index (χ4n) is 3.00. The molecule has 1 amide bonds. The van der Waals surface area contributed by atoms with Crippen LogP contribution < -0.4 is 10.6 Å². The van der Waals surface area contributed by atoms with Crippen molar-refractivity contribution in [3.05, 3.63) is 0 Å². The van der Waals surface area contributed by atoms with Crippen LogP contribution in [0.15, 0.2) is 4.99 Å². The largest absolute Gasteiger partial charge is 0.466 e. The van der Waals surface area contributed by atoms with E-state index in [2.05, 4.69) is 15.6 Å². The number of hydrogen-bond acceptors (Lipinski definition) is 4. The summed E-state index contributed by atoms with van der Waals surface area (Å²) in [4.78, 5) is 29.6. The van der Waals surface area contributed by atoms with Crippen molar-refractivity contribution < 1.29 is 14.3 Å². The highest BCUT2D eigenvalue weighted by atomic mass is 127. The van der Waals surface area contributed by atoms with Crippen LogP contribution in [0.1, 0.15) is 65.7 Å². The summed E-state index contributed by atoms with van der Waals surface area (Å²) in [7, 11) is 0. The van der Waals surface area contributed by atoms with Gasteiger partial charge in [-0.15, -0.1) is 24.0 Å². The van der Waals surface area contributed by atoms with E-state index < -0.39 is 0 Å². The Balaban J connectivity index is 0.00000676. The number of ether oxygens (including phenoxy) is 1. The molecule has 1 rings (SSSR count). The number of guanidine groups is 1. The third-order valence-corrected chi connectivity index (χ3v) is 4.39. The Morgan fingerprint density at radius 1 is 1.15 bits per heavy atom. The van der Waals surface area contributed by atoms with Crippen LogP contribution in [0.3, 0.4) is 0 Å². The number of esters is 1. The normalized spacial score (nSPS) is 16.6. The van der Waals surface area contributed by atoms with Crippen LogP contribution >= 0.6 is 24.0 Å². The molecular weight excluding hydrogens is 459 g/mol. The minimum atomic E-state index is -0.101. The van der Waals surface area contributed by atoms with Gasteiger partial charge in [0.15, 0.2) is 5.96 Å². The lowest BCUT2D eigenvalue weighted by Crippen LogP contribution is -2.45. The van der Waals surface area contributed by atoms with Crippen LogP contribution in [-0.2, 0) is 14.3 Å². The van der Waals surface area contributed by atoms with Crippen molar-refractivity contribution in [2.24, 2.45) is 4.99 Å². The van der Waals surface area contributed by atoms with E-state index in [1.165, 1.54) is 0 Å². The first-order valence-electron chi connectivity index (χ1n) is 10.1. The van der Waals surface area contributed by atoms with Crippen molar-refractivity contribution in [2.75, 3.05) is 32.8 Å². The standard InChI is InChI=1S/C19H36N4O3.HI/c1-4-17(24)23-14-12-16(15-23)22-19(20-5-2)21-13-10-8-7-9-11-18(25)26-6-3;/h16H,4-15H2,1-3H3,(H2,20,21,22);1H. The average Bonchev–Trinajstić information content (AvgIpc) is 3.09. The smallest absolute Gasteiger partial charge is 0.305 e. The summed E-state index contributed by atoms with van der Waals surface area (Å²) >= 11 is 0. The monoisotopic (exact) mass is 496 g/mol. The fourth-order valence-corrected chi connectivity index (χ4v) is 3.00. The Morgan fingerprint density at radius 2 is 1.89 bits per heavy atom. The van der Waals surface area contributed by atoms with Gasteiger partial charge in [-0.05, 0) is 33.1 Å². The number of amides is 1. The maximum Gasteiger partial charge on any atom is 0.305 e. The van der Waals surface area contributed by atoms with Gasteiger partial charge in [0.2, 0.25) is 5.91 Å². The molecule has 0 aliphatic carbocycles. The fraction of sp³-hybridized carbons (Fsp3) is 0.842. The zero-order valence-corrected chi connectivity index (χ0v) is 19.4. The minimum absolute atomic E-state index is 0. The molecule has 1 unspecified atom stereocenters. The summed E-state index contributed by atoms with van der Waals surface area (Å²) < 4.78 is 4.92. The lowest BCUT2D eigenvalue weighted by atomic mass is 10.1. The molecule has 0 radical (unpaired) electrons. The highest BCUT2D eigenvalue weighted by Crippen LogP contribution is 2.10. The lowest BCUT2D eigenvalue weighted by Gasteiger charge is -2.18. The van der Waals surface area contributed by atoms with Crippen LogP contribution in [-0.4, -0.2) is 61.6 Å². The number of aliphatic imine (C=N–C) groups is 1. The van der Waals surface area contributed by atoms with Crippen molar-refractivity contribution in [1.29, 1.82) is 0 Å². The number of halogens is 1. The summed E-state index contributed by atoms with van der Waals surface area (Å²) in [6.45, 7) is 9.40. The van der Waals surface area contributed by atoms with E-state index in [1.807, 2.05) is 25.7 Å². The van der Waals surface area contributed by atoms with Crippen molar-refractivity contribution in [3.8, 4) is 0 Å². The molecule has 0 aromatic carbocycles. The SMILES string of the molecule is CCNC(=NCCCCCCC(=O)OCC)NC1CCN(C(=O)CC)C1.I. The van der Waals surface area contributed by atoms with Gasteiger partial charge in [-0.2, -0.15) is 0 Å². The van der Waals surface area contributed by atoms with Crippen molar-refractivity contribution in [3.63, 3.8) is 0 Å². The highest BCUT2D eigenvalue weighted by Gasteiger charge is 2.25. The summed E-state index contributed by atoms with van der Waals surface area (Å²) in [5.74, 6) is 0.949. The Bertz CT molecular complexity index is 460. The van der Waals surface area contributed by atoms with Gasteiger partial charge >= 0.3 is 5.97 Å². The Kier molecular flexibility index (Phi) is 15.3. The number of rotatable bonds is 11. The van der Waals surface area contributed by atoms with Crippen LogP contribution in [0.4, 0.5) is 0 Å². The molecule has 2 N–H and O–H groups in total. The first-order chi connectivity index (χ1) is 12.6. The molecule has 0 bridgehead atoms. The molecule has 27 heavy (non-hydrogen) atoms. The number of carbonyl (C=O) groups excluding carboxylic acids is 2. The minimum Gasteiger partial charge on any atom is -0.466 e. The van der Waals surface area contributed by atoms with Crippen molar-refractivity contribution in [1.82, 2.24) is 15.5 Å². The van der Waals surface area contributed by atoms with E-state index in [0.717, 1.165) is 64.2 Å². The van der Waals surface area contributed by atoms with E-state index in [1.54, 1.807) is 0 Å². The van der Waals surface area contributed by atoms with Crippen molar-refractivity contribution in [2.45, 2.75) is 71.8 Å². The third kappa shape index (κ3) is 11.4. The van der Waals surface area contributed by atoms with E-state index in [9.17, 15) is 9.59 Å². The Hall–Kier alpha value is -1.06. The zero-order valence-electron chi connectivity index (χ0n) is 17.1. The van der Waals surface area contributed by atoms with Gasteiger partial charge in [0.25, 0.3) is 0 Å². The quantitative estimate of drug-likeness (QED) is 0.151. The molecule has 1 heterocycles. The summed E-state index contributed by atoms with van der Waals surface area (Å²) in [5.41, 5.74) is 0. The second-order valence-corrected chi connectivity index (χ2v) is 6.55. The molecule has 8 heteroatoms. The summed E-state index contributed by atoms with van der Waals surface area (Å²) in [6.07, 6.45) is 6.01. The molecule has 0 aromatic heterocycles. The molecule has 1 saturated heterocycles. The molecule has 7 nitrogen and oxygen atoms in total. The molecule has 1 atom stereocenters. The van der Waals surface area contributed by atoms with Gasteiger partial charge in [0.1, 0.15) is 0 Å². The van der Waals surface area contributed by atoms with Gasteiger partial charge in [0.05, 0.1) is 6.61 Å². The van der Waals surface area contributed by atoms with Crippen LogP contribution in [0.25, 0.3) is 0 Å². The topological polar surface area (TPSA) is 83.0 Å². The zero-order chi connectivity index (χ0) is 19.2. The second-order valence-electron chi connectivity index (χ2n) is 6.55. The van der Waals surface area contributed by atoms with Gasteiger partial charge < -0.3 is 20.3 Å². The van der Waals surface area contributed by atoms with Crippen molar-refractivity contribution >= 4 is 41.8 Å². The predicted molar refractivity (Wildman–Crippen MR) is 120 cm³/mol. The molecule has 1 aliphatic heterocycles. The van der Waals surface area contributed by atoms with E-state index in [-0.39, 0.29) is 41.9 Å². The third-order valence-electron chi connectivity index (χ3n) is 4.39. The van der Waals surface area contributed by atoms with Gasteiger partial charge in [-0.1, -0.05) is 19.8 Å². The first-order valence-corrected chi connectivity index (χ1v) is 10.1. The molecule has 1 fully saturated rings. The molecular formula is C19H37IN4O3. The van der Waals surface area contributed by atoms with Crippen LogP contribution in [0.5, 0.6) is 0 Å². The number of carbonyl (C=O) groups is 2. The number of hydrogen-bond donors (Lipinski definition) is 2. The maximum atomic E-state index is 11.8. The highest BCUT2D eigenvalue weighted by molar-refractivity contribution is 14.0. The van der Waals surface area contributed by atoms with E-state index in [4.69, 9.17) is 4.74 Å². The number of likely N-dealkylation sites (tertiary alicyclic amines) is 1. The number of nitrogens with zero attached hydrogens (tertiary/aromatic N) is 2. The molecule has 0 saturated carbocycles. The van der Waals surface area contributed by atoms with Gasteiger partial charge in [-0.25, -0.2) is 0 Å². The van der Waals surface area contributed by atoms with Crippen LogP contribution in [0, 0.1) is 0 Å². The average molecular weight is 496 g/mol. The van der Waals surface area contributed by atoms with E-state index in [0.29, 0.717) is 19.4 Å². The number of nitrogens with one attached hydrogen (secondary N) is 2. The second kappa shape index (κ2) is 15.9. The van der Waals surface area contributed by atoms with Crippen LogP contribution in [0.2, 0.25) is 0 Å². The summed E-state index contributed by atoms with van der Waals surface area (Å²) in [5, 5.41) is 6.71. The van der Waals surface area contributed by atoms with Gasteiger partial charge in [-0.3, -0.25) is 14.6 Å². The molecule has 1 aliphatic rings. The first kappa shape index (κ1) is 25.9. The molecule has 0 spiro atoms. The Morgan fingerprint density at radius 3 is 2.56 bits per heavy atom. The molecule has 158 valence electrons. The number of unbranched alkanes of at least 4 members (excludes halogenated alkanes) is 3. The lowest BCUT2D eigenvalue weighted by molar-refractivity contribution is -0.143. The van der Waals surface area contributed by atoms with E-state index >= 15 is 0 Å². The van der Waals surface area contributed by atoms with Gasteiger partial charge in [0, 0.05) is 45.1 Å². The summed E-state index contributed by atoms with van der Waals surface area (Å²) in [6, 6.07) is 0.271. The Labute approximate surface area is 181 Å². The molecule has 0 aromatic rings.